The molecule has 2 aromatic rings. The van der Waals surface area contributed by atoms with E-state index in [1.165, 1.54) is 0 Å². The van der Waals surface area contributed by atoms with E-state index in [9.17, 15) is 0 Å². The molecule has 0 aliphatic heterocycles. The van der Waals surface area contributed by atoms with E-state index in [1.807, 2.05) is 36.9 Å². The van der Waals surface area contributed by atoms with Gasteiger partial charge in [0.2, 0.25) is 0 Å². The molecule has 0 amide bonds. The summed E-state index contributed by atoms with van der Waals surface area (Å²) in [6, 6.07) is 8.15. The summed E-state index contributed by atoms with van der Waals surface area (Å²) in [5.41, 5.74) is 3.27. The zero-order valence-corrected chi connectivity index (χ0v) is 12.8. The lowest BCUT2D eigenvalue weighted by Crippen LogP contribution is -2.05. The predicted molar refractivity (Wildman–Crippen MR) is 77.1 cm³/mol. The van der Waals surface area contributed by atoms with Gasteiger partial charge in [-0.2, -0.15) is 5.10 Å². The first-order valence-electron chi connectivity index (χ1n) is 5.24. The molecule has 0 unspecified atom stereocenters. The van der Waals surface area contributed by atoms with Crippen LogP contribution in [0.25, 0.3) is 0 Å². The van der Waals surface area contributed by atoms with Gasteiger partial charge in [0.15, 0.2) is 0 Å². The second-order valence-corrected chi connectivity index (χ2v) is 5.65. The minimum atomic E-state index is 0.756. The summed E-state index contributed by atoms with van der Waals surface area (Å²) >= 11 is 6.98. The van der Waals surface area contributed by atoms with Crippen LogP contribution < -0.4 is 5.32 Å². The molecule has 0 saturated heterocycles. The number of aromatic nitrogens is 2. The highest BCUT2D eigenvalue weighted by Gasteiger charge is 2.04. The third-order valence-corrected chi connectivity index (χ3v) is 3.67. The van der Waals surface area contributed by atoms with Crippen LogP contribution in [0.2, 0.25) is 0 Å². The number of hydrogen-bond donors (Lipinski definition) is 1. The Morgan fingerprint density at radius 3 is 2.71 bits per heavy atom. The smallest absolute Gasteiger partial charge is 0.0597 e. The van der Waals surface area contributed by atoms with E-state index in [-0.39, 0.29) is 0 Å². The summed E-state index contributed by atoms with van der Waals surface area (Å²) in [5, 5.41) is 7.71. The molecule has 90 valence electrons. The number of aryl methyl sites for hydroxylation is 2. The van der Waals surface area contributed by atoms with Crippen molar-refractivity contribution in [3.8, 4) is 0 Å². The first-order chi connectivity index (χ1) is 8.06. The highest BCUT2D eigenvalue weighted by atomic mass is 79.9. The Morgan fingerprint density at radius 2 is 2.06 bits per heavy atom. The minimum absolute atomic E-state index is 0.756. The van der Waals surface area contributed by atoms with Gasteiger partial charge in [-0.25, -0.2) is 0 Å². The number of nitrogens with one attached hydrogen (secondary N) is 1. The fourth-order valence-electron chi connectivity index (χ4n) is 1.65. The maximum Gasteiger partial charge on any atom is 0.0597 e. The Bertz CT molecular complexity index is 535. The highest BCUT2D eigenvalue weighted by molar-refractivity contribution is 9.11. The second kappa shape index (κ2) is 5.23. The largest absolute Gasteiger partial charge is 0.378 e. The van der Waals surface area contributed by atoms with E-state index < -0.39 is 0 Å². The van der Waals surface area contributed by atoms with E-state index in [4.69, 9.17) is 0 Å². The quantitative estimate of drug-likeness (QED) is 0.902. The Morgan fingerprint density at radius 1 is 1.29 bits per heavy atom. The number of nitrogens with zero attached hydrogens (tertiary/aromatic N) is 2. The Kier molecular flexibility index (Phi) is 3.89. The van der Waals surface area contributed by atoms with Crippen LogP contribution in [0.1, 0.15) is 11.4 Å². The van der Waals surface area contributed by atoms with Crippen LogP contribution in [0.5, 0.6) is 0 Å². The fourth-order valence-corrected chi connectivity index (χ4v) is 2.40. The van der Waals surface area contributed by atoms with Gasteiger partial charge < -0.3 is 5.32 Å². The maximum absolute atomic E-state index is 4.32. The molecule has 1 heterocycles. The Labute approximate surface area is 117 Å². The molecule has 0 atom stereocenters. The van der Waals surface area contributed by atoms with E-state index >= 15 is 0 Å². The third kappa shape index (κ3) is 3.10. The maximum atomic E-state index is 4.32. The molecule has 1 aromatic heterocycles. The zero-order chi connectivity index (χ0) is 12.4. The lowest BCUT2D eigenvalue weighted by atomic mass is 10.3. The van der Waals surface area contributed by atoms with Gasteiger partial charge in [-0.05, 0) is 47.1 Å². The van der Waals surface area contributed by atoms with Crippen molar-refractivity contribution in [3.05, 3.63) is 44.6 Å². The van der Waals surface area contributed by atoms with Gasteiger partial charge in [-0.15, -0.1) is 0 Å². The van der Waals surface area contributed by atoms with E-state index in [2.05, 4.69) is 48.3 Å². The molecule has 0 spiro atoms. The second-order valence-electron chi connectivity index (χ2n) is 3.88. The van der Waals surface area contributed by atoms with Gasteiger partial charge in [0.05, 0.1) is 17.9 Å². The molecular weight excluding hydrogens is 346 g/mol. The van der Waals surface area contributed by atoms with Crippen molar-refractivity contribution in [2.24, 2.45) is 7.05 Å². The summed E-state index contributed by atoms with van der Waals surface area (Å²) in [5.74, 6) is 0. The average molecular weight is 359 g/mol. The molecule has 0 bridgehead atoms. The number of halogens is 2. The zero-order valence-electron chi connectivity index (χ0n) is 9.67. The van der Waals surface area contributed by atoms with Crippen LogP contribution in [-0.2, 0) is 13.6 Å². The summed E-state index contributed by atoms with van der Waals surface area (Å²) < 4.78 is 4.01. The number of rotatable bonds is 3. The van der Waals surface area contributed by atoms with Crippen molar-refractivity contribution in [2.75, 3.05) is 5.32 Å². The van der Waals surface area contributed by atoms with Crippen molar-refractivity contribution < 1.29 is 0 Å². The lowest BCUT2D eigenvalue weighted by molar-refractivity contribution is 0.713. The number of hydrogen-bond acceptors (Lipinski definition) is 2. The summed E-state index contributed by atoms with van der Waals surface area (Å²) in [6.45, 7) is 2.75. The van der Waals surface area contributed by atoms with E-state index in [0.29, 0.717) is 0 Å². The molecular formula is C12H13Br2N3. The number of benzene rings is 1. The molecule has 17 heavy (non-hydrogen) atoms. The number of anilines is 1. The van der Waals surface area contributed by atoms with Crippen LogP contribution in [0.3, 0.4) is 0 Å². The summed E-state index contributed by atoms with van der Waals surface area (Å²) in [6.07, 6.45) is 0. The van der Waals surface area contributed by atoms with Crippen LogP contribution in [-0.4, -0.2) is 9.78 Å². The van der Waals surface area contributed by atoms with Crippen LogP contribution in [0, 0.1) is 6.92 Å². The van der Waals surface area contributed by atoms with Crippen molar-refractivity contribution >= 4 is 37.5 Å². The monoisotopic (exact) mass is 357 g/mol. The Hall–Kier alpha value is -0.810. The standard InChI is InChI=1S/C12H13Br2N3/c1-8-5-10(17(2)16-8)7-15-12-6-9(13)3-4-11(12)14/h3-6,15H,7H2,1-2H3. The first-order valence-corrected chi connectivity index (χ1v) is 6.83. The van der Waals surface area contributed by atoms with Crippen molar-refractivity contribution in [1.82, 2.24) is 9.78 Å². The molecule has 0 aliphatic carbocycles. The van der Waals surface area contributed by atoms with Crippen molar-refractivity contribution in [2.45, 2.75) is 13.5 Å². The molecule has 1 N–H and O–H groups in total. The SMILES string of the molecule is Cc1cc(CNc2cc(Br)ccc2Br)n(C)n1. The molecule has 0 fully saturated rings. The van der Waals surface area contributed by atoms with Gasteiger partial charge in [-0.3, -0.25) is 4.68 Å². The third-order valence-electron chi connectivity index (χ3n) is 2.49. The van der Waals surface area contributed by atoms with E-state index in [0.717, 1.165) is 32.6 Å². The van der Waals surface area contributed by atoms with Crippen molar-refractivity contribution in [1.29, 1.82) is 0 Å². The van der Waals surface area contributed by atoms with Gasteiger partial charge in [0, 0.05) is 21.7 Å². The summed E-state index contributed by atoms with van der Waals surface area (Å²) in [4.78, 5) is 0. The average Bonchev–Trinajstić information content (AvgIpc) is 2.59. The minimum Gasteiger partial charge on any atom is -0.378 e. The topological polar surface area (TPSA) is 29.9 Å². The first kappa shape index (κ1) is 12.6. The highest BCUT2D eigenvalue weighted by Crippen LogP contribution is 2.26. The normalized spacial score (nSPS) is 10.6. The van der Waals surface area contributed by atoms with Gasteiger partial charge in [-0.1, -0.05) is 15.9 Å². The van der Waals surface area contributed by atoms with Crippen LogP contribution >= 0.6 is 31.9 Å². The molecule has 0 radical (unpaired) electrons. The van der Waals surface area contributed by atoms with Crippen LogP contribution in [0.4, 0.5) is 5.69 Å². The molecule has 3 nitrogen and oxygen atoms in total. The van der Waals surface area contributed by atoms with Gasteiger partial charge in [0.25, 0.3) is 0 Å². The molecule has 0 aliphatic rings. The summed E-state index contributed by atoms with van der Waals surface area (Å²) in [7, 11) is 1.96. The molecule has 1 aromatic carbocycles. The van der Waals surface area contributed by atoms with Gasteiger partial charge in [0.1, 0.15) is 0 Å². The molecule has 0 saturated carbocycles. The molecule has 2 rings (SSSR count). The van der Waals surface area contributed by atoms with Crippen LogP contribution in [0.15, 0.2) is 33.2 Å². The fraction of sp³-hybridized carbons (Fsp3) is 0.250. The predicted octanol–water partition coefficient (Wildman–Crippen LogP) is 3.87. The molecule has 5 heteroatoms. The van der Waals surface area contributed by atoms with Gasteiger partial charge >= 0.3 is 0 Å². The van der Waals surface area contributed by atoms with E-state index in [1.54, 1.807) is 0 Å². The lowest BCUT2D eigenvalue weighted by Gasteiger charge is -2.09. The Balaban J connectivity index is 2.12. The van der Waals surface area contributed by atoms with Crippen molar-refractivity contribution in [3.63, 3.8) is 0 Å².